The Morgan fingerprint density at radius 3 is 2.29 bits per heavy atom. The molecule has 1 atom stereocenters. The summed E-state index contributed by atoms with van der Waals surface area (Å²) in [5.74, 6) is 0.402. The van der Waals surface area contributed by atoms with Crippen LogP contribution in [0, 0.1) is 5.92 Å². The zero-order valence-electron chi connectivity index (χ0n) is 15.2. The van der Waals surface area contributed by atoms with Crippen LogP contribution in [0.25, 0.3) is 0 Å². The zero-order chi connectivity index (χ0) is 18.1. The summed E-state index contributed by atoms with van der Waals surface area (Å²) in [7, 11) is 3.12. The quantitative estimate of drug-likeness (QED) is 0.773. The first-order valence-electron chi connectivity index (χ1n) is 7.98. The van der Waals surface area contributed by atoms with Crippen LogP contribution in [0.5, 0.6) is 11.5 Å². The zero-order valence-corrected chi connectivity index (χ0v) is 15.2. The molecule has 6 heteroatoms. The van der Waals surface area contributed by atoms with Gasteiger partial charge in [0.05, 0.1) is 25.7 Å². The van der Waals surface area contributed by atoms with Crippen molar-refractivity contribution in [2.45, 2.75) is 51.8 Å². The maximum Gasteiger partial charge on any atom is 0.311 e. The normalized spacial score (nSPS) is 22.2. The highest BCUT2D eigenvalue weighted by molar-refractivity contribution is 5.74. The third kappa shape index (κ3) is 3.35. The van der Waals surface area contributed by atoms with Gasteiger partial charge in [-0.05, 0) is 51.8 Å². The fourth-order valence-electron chi connectivity index (χ4n) is 3.35. The van der Waals surface area contributed by atoms with Gasteiger partial charge in [-0.25, -0.2) is 0 Å². The lowest BCUT2D eigenvalue weighted by molar-refractivity contribution is -0.249. The Kier molecular flexibility index (Phi) is 5.11. The molecule has 2 rings (SSSR count). The van der Waals surface area contributed by atoms with Crippen molar-refractivity contribution in [1.29, 1.82) is 0 Å². The fourth-order valence-corrected chi connectivity index (χ4v) is 3.35. The molecule has 1 aliphatic heterocycles. The predicted octanol–water partition coefficient (Wildman–Crippen LogP) is 2.97. The van der Waals surface area contributed by atoms with Crippen molar-refractivity contribution in [3.63, 3.8) is 0 Å². The second kappa shape index (κ2) is 6.61. The van der Waals surface area contributed by atoms with E-state index >= 15 is 0 Å². The molecule has 24 heavy (non-hydrogen) atoms. The van der Waals surface area contributed by atoms with Crippen LogP contribution in [-0.4, -0.2) is 36.3 Å². The number of rotatable bonds is 5. The van der Waals surface area contributed by atoms with Gasteiger partial charge in [-0.15, -0.1) is 10.3 Å². The van der Waals surface area contributed by atoms with E-state index in [4.69, 9.17) is 14.2 Å². The molecule has 133 valence electrons. The van der Waals surface area contributed by atoms with Crippen LogP contribution in [-0.2, 0) is 21.3 Å². The van der Waals surface area contributed by atoms with Crippen LogP contribution in [0.15, 0.2) is 18.2 Å². The Hall–Kier alpha value is -1.79. The predicted molar refractivity (Wildman–Crippen MR) is 88.1 cm³/mol. The van der Waals surface area contributed by atoms with Gasteiger partial charge >= 0.3 is 5.97 Å². The van der Waals surface area contributed by atoms with E-state index in [1.54, 1.807) is 40.2 Å². The lowest BCUT2D eigenvalue weighted by Gasteiger charge is -2.32. The molecule has 6 nitrogen and oxygen atoms in total. The third-order valence-electron chi connectivity index (χ3n) is 4.74. The molecule has 0 amide bonds. The lowest BCUT2D eigenvalue weighted by Crippen LogP contribution is -2.47. The van der Waals surface area contributed by atoms with Crippen molar-refractivity contribution in [1.82, 2.24) is 5.06 Å². The Labute approximate surface area is 143 Å². The minimum Gasteiger partial charge on any atom is -0.493 e. The molecule has 1 unspecified atom stereocenters. The highest BCUT2D eigenvalue weighted by Crippen LogP contribution is 2.44. The minimum atomic E-state index is -0.780. The average Bonchev–Trinajstić information content (AvgIpc) is 2.72. The van der Waals surface area contributed by atoms with E-state index in [1.807, 2.05) is 19.9 Å². The number of nitrogens with zero attached hydrogens (tertiary/aromatic N) is 1. The van der Waals surface area contributed by atoms with Crippen molar-refractivity contribution in [2.75, 3.05) is 14.2 Å². The Morgan fingerprint density at radius 2 is 1.79 bits per heavy atom. The molecule has 1 heterocycles. The number of esters is 1. The van der Waals surface area contributed by atoms with Crippen LogP contribution in [0.3, 0.4) is 0 Å². The average molecular weight is 336 g/mol. The van der Waals surface area contributed by atoms with Gasteiger partial charge in [-0.2, -0.15) is 0 Å². The number of hydrogen-bond acceptors (Lipinski definition) is 5. The van der Waals surface area contributed by atoms with Gasteiger partial charge in [-0.1, -0.05) is 6.07 Å². The molecule has 1 radical (unpaired) electrons. The van der Waals surface area contributed by atoms with E-state index in [1.165, 1.54) is 0 Å². The van der Waals surface area contributed by atoms with Crippen molar-refractivity contribution < 1.29 is 24.2 Å². The number of ether oxygens (including phenoxy) is 3. The Balaban J connectivity index is 2.06. The molecule has 0 N–H and O–H groups in total. The van der Waals surface area contributed by atoms with E-state index in [-0.39, 0.29) is 12.6 Å². The van der Waals surface area contributed by atoms with Gasteiger partial charge in [0.2, 0.25) is 0 Å². The van der Waals surface area contributed by atoms with Crippen LogP contribution in [0.2, 0.25) is 0 Å². The van der Waals surface area contributed by atoms with E-state index in [0.29, 0.717) is 17.9 Å². The summed E-state index contributed by atoms with van der Waals surface area (Å²) in [6.07, 6.45) is 0.480. The lowest BCUT2D eigenvalue weighted by atomic mass is 9.87. The summed E-state index contributed by atoms with van der Waals surface area (Å²) in [5, 5.41) is 13.4. The van der Waals surface area contributed by atoms with Crippen molar-refractivity contribution in [2.24, 2.45) is 5.92 Å². The first kappa shape index (κ1) is 18.5. The van der Waals surface area contributed by atoms with Gasteiger partial charge in [0.25, 0.3) is 0 Å². The molecule has 1 aromatic carbocycles. The van der Waals surface area contributed by atoms with Crippen molar-refractivity contribution in [3.05, 3.63) is 23.8 Å². The van der Waals surface area contributed by atoms with Crippen LogP contribution >= 0.6 is 0 Å². The Morgan fingerprint density at radius 1 is 1.17 bits per heavy atom. The van der Waals surface area contributed by atoms with E-state index < -0.39 is 17.0 Å². The maximum absolute atomic E-state index is 12.5. The van der Waals surface area contributed by atoms with Crippen molar-refractivity contribution >= 4 is 5.97 Å². The fraction of sp³-hybridized carbons (Fsp3) is 0.611. The highest BCUT2D eigenvalue weighted by Gasteiger charge is 2.55. The molecule has 0 aromatic heterocycles. The smallest absolute Gasteiger partial charge is 0.311 e. The number of carbonyl (C=O) groups excluding carboxylic acids is 1. The molecule has 0 spiro atoms. The number of hydrogen-bond donors (Lipinski definition) is 0. The van der Waals surface area contributed by atoms with Gasteiger partial charge in [0, 0.05) is 5.54 Å². The molecule has 0 aliphatic carbocycles. The number of benzene rings is 1. The monoisotopic (exact) mass is 336 g/mol. The second-order valence-corrected chi connectivity index (χ2v) is 7.31. The molecule has 0 bridgehead atoms. The standard InChI is InChI=1S/C18H26NO5/c1-17(2)10-13(18(3,4)19(17)21)16(20)24-11-12-7-8-14(22-5)15(9-12)23-6/h7-9,13H,10-11H2,1-6H3. The topological polar surface area (TPSA) is 67.9 Å². The summed E-state index contributed by atoms with van der Waals surface area (Å²) in [6.45, 7) is 7.41. The molecular formula is C18H26NO5. The van der Waals surface area contributed by atoms with E-state index in [0.717, 1.165) is 10.6 Å². The van der Waals surface area contributed by atoms with Crippen LogP contribution < -0.4 is 9.47 Å². The Bertz CT molecular complexity index is 611. The highest BCUT2D eigenvalue weighted by atomic mass is 16.5. The van der Waals surface area contributed by atoms with Crippen molar-refractivity contribution in [3.8, 4) is 11.5 Å². The van der Waals surface area contributed by atoms with E-state index in [2.05, 4.69) is 0 Å². The number of carbonyl (C=O) groups is 1. The van der Waals surface area contributed by atoms with Crippen LogP contribution in [0.4, 0.5) is 0 Å². The molecule has 1 saturated heterocycles. The minimum absolute atomic E-state index is 0.130. The summed E-state index contributed by atoms with van der Waals surface area (Å²) in [5.41, 5.74) is -0.552. The second-order valence-electron chi connectivity index (χ2n) is 7.31. The van der Waals surface area contributed by atoms with E-state index in [9.17, 15) is 10.0 Å². The summed E-state index contributed by atoms with van der Waals surface area (Å²) < 4.78 is 15.9. The van der Waals surface area contributed by atoms with Gasteiger partial charge in [0.15, 0.2) is 11.5 Å². The molecule has 1 aromatic rings. The van der Waals surface area contributed by atoms with Gasteiger partial charge < -0.3 is 14.2 Å². The largest absolute Gasteiger partial charge is 0.493 e. The molecular weight excluding hydrogens is 310 g/mol. The van der Waals surface area contributed by atoms with Gasteiger partial charge in [-0.3, -0.25) is 4.79 Å². The first-order chi connectivity index (χ1) is 11.1. The first-order valence-corrected chi connectivity index (χ1v) is 7.98. The molecule has 0 saturated carbocycles. The van der Waals surface area contributed by atoms with Gasteiger partial charge in [0.1, 0.15) is 6.61 Å². The molecule has 1 aliphatic rings. The number of methoxy groups -OCH3 is 2. The number of hydroxylamine groups is 2. The summed E-state index contributed by atoms with van der Waals surface area (Å²) in [6, 6.07) is 5.36. The summed E-state index contributed by atoms with van der Waals surface area (Å²) in [4.78, 5) is 12.5. The van der Waals surface area contributed by atoms with Crippen LogP contribution in [0.1, 0.15) is 39.7 Å². The third-order valence-corrected chi connectivity index (χ3v) is 4.74. The summed E-state index contributed by atoms with van der Waals surface area (Å²) >= 11 is 0. The maximum atomic E-state index is 12.5. The SMILES string of the molecule is COc1ccc(COC(=O)C2CC(C)(C)N([O])C2(C)C)cc1OC. The molecule has 1 fully saturated rings.